The van der Waals surface area contributed by atoms with Crippen LogP contribution in [-0.2, 0) is 13.0 Å². The Morgan fingerprint density at radius 3 is 2.61 bits per heavy atom. The first kappa shape index (κ1) is 20.2. The Kier molecular flexibility index (Phi) is 7.31. The summed E-state index contributed by atoms with van der Waals surface area (Å²) in [6, 6.07) is 16.1. The molecule has 3 aromatic rings. The van der Waals surface area contributed by atoms with E-state index in [-0.39, 0.29) is 0 Å². The maximum absolute atomic E-state index is 11.0. The number of ether oxygens (including phenoxy) is 1. The number of aromatic nitrogens is 1. The summed E-state index contributed by atoms with van der Waals surface area (Å²) in [4.78, 5) is 12.5. The molecular formula is C23H27NO3S. The molecule has 2 heterocycles. The first-order chi connectivity index (χ1) is 13.7. The van der Waals surface area contributed by atoms with Crippen LogP contribution in [0.3, 0.4) is 0 Å². The van der Waals surface area contributed by atoms with Gasteiger partial charge in [0.25, 0.3) is 0 Å². The van der Waals surface area contributed by atoms with Crippen LogP contribution in [0.25, 0.3) is 11.3 Å². The molecule has 4 nitrogen and oxygen atoms in total. The van der Waals surface area contributed by atoms with Gasteiger partial charge in [0.05, 0.1) is 6.61 Å². The molecule has 0 fully saturated rings. The van der Waals surface area contributed by atoms with E-state index in [2.05, 4.69) is 42.0 Å². The minimum Gasteiger partial charge on any atom is -0.494 e. The fourth-order valence-electron chi connectivity index (χ4n) is 3.19. The molecule has 0 unspecified atom stereocenters. The Hall–Kier alpha value is -2.53. The van der Waals surface area contributed by atoms with E-state index in [4.69, 9.17) is 9.84 Å². The van der Waals surface area contributed by atoms with Crippen LogP contribution in [0.15, 0.2) is 54.7 Å². The average molecular weight is 398 g/mol. The van der Waals surface area contributed by atoms with Crippen LogP contribution in [0, 0.1) is 0 Å². The number of hydrogen-bond donors (Lipinski definition) is 1. The van der Waals surface area contributed by atoms with Crippen LogP contribution in [0.1, 0.15) is 47.2 Å². The van der Waals surface area contributed by atoms with Crippen LogP contribution >= 0.6 is 11.3 Å². The molecule has 0 amide bonds. The molecule has 1 N–H and O–H groups in total. The maximum atomic E-state index is 11.0. The highest BCUT2D eigenvalue weighted by Gasteiger charge is 2.08. The van der Waals surface area contributed by atoms with Gasteiger partial charge in [-0.3, -0.25) is 0 Å². The van der Waals surface area contributed by atoms with Crippen LogP contribution in [0.4, 0.5) is 0 Å². The van der Waals surface area contributed by atoms with E-state index in [1.165, 1.54) is 35.4 Å². The molecule has 0 saturated carbocycles. The second kappa shape index (κ2) is 10.1. The van der Waals surface area contributed by atoms with E-state index in [1.54, 1.807) is 6.07 Å². The van der Waals surface area contributed by atoms with Crippen molar-refractivity contribution in [2.45, 2.75) is 45.6 Å². The Bertz CT molecular complexity index is 879. The number of carboxylic acid groups (broad SMARTS) is 1. The number of aromatic carboxylic acids is 1. The summed E-state index contributed by atoms with van der Waals surface area (Å²) >= 11 is 1.37. The number of carbonyl (C=O) groups is 1. The van der Waals surface area contributed by atoms with Crippen LogP contribution in [0.2, 0.25) is 0 Å². The molecule has 0 bridgehead atoms. The quantitative estimate of drug-likeness (QED) is 0.397. The summed E-state index contributed by atoms with van der Waals surface area (Å²) in [5.41, 5.74) is 2.37. The lowest BCUT2D eigenvalue weighted by Crippen LogP contribution is -2.00. The Morgan fingerprint density at radius 1 is 1.07 bits per heavy atom. The van der Waals surface area contributed by atoms with E-state index < -0.39 is 5.97 Å². The first-order valence-corrected chi connectivity index (χ1v) is 10.7. The van der Waals surface area contributed by atoms with Crippen LogP contribution in [-0.4, -0.2) is 22.2 Å². The third-order valence-corrected chi connectivity index (χ3v) is 5.82. The Morgan fingerprint density at radius 2 is 1.89 bits per heavy atom. The normalized spacial score (nSPS) is 10.9. The van der Waals surface area contributed by atoms with Crippen molar-refractivity contribution < 1.29 is 14.6 Å². The molecule has 2 aromatic heterocycles. The molecule has 28 heavy (non-hydrogen) atoms. The molecule has 0 aliphatic carbocycles. The van der Waals surface area contributed by atoms with Crippen molar-refractivity contribution in [3.05, 3.63) is 64.5 Å². The van der Waals surface area contributed by atoms with E-state index >= 15 is 0 Å². The van der Waals surface area contributed by atoms with Crippen molar-refractivity contribution in [3.63, 3.8) is 0 Å². The zero-order valence-corrected chi connectivity index (χ0v) is 17.1. The third-order valence-electron chi connectivity index (χ3n) is 4.69. The predicted molar refractivity (Wildman–Crippen MR) is 114 cm³/mol. The van der Waals surface area contributed by atoms with E-state index in [9.17, 15) is 4.79 Å². The van der Waals surface area contributed by atoms with Gasteiger partial charge in [-0.2, -0.15) is 0 Å². The van der Waals surface area contributed by atoms with Crippen molar-refractivity contribution in [3.8, 4) is 17.0 Å². The van der Waals surface area contributed by atoms with Crippen molar-refractivity contribution in [1.29, 1.82) is 0 Å². The summed E-state index contributed by atoms with van der Waals surface area (Å²) in [5, 5.41) is 9.02. The summed E-state index contributed by atoms with van der Waals surface area (Å²) < 4.78 is 8.05. The summed E-state index contributed by atoms with van der Waals surface area (Å²) in [7, 11) is 0. The Balaban J connectivity index is 1.54. The molecule has 5 heteroatoms. The topological polar surface area (TPSA) is 51.5 Å². The highest BCUT2D eigenvalue weighted by atomic mass is 32.1. The number of rotatable bonds is 11. The van der Waals surface area contributed by atoms with Crippen molar-refractivity contribution in [2.24, 2.45) is 0 Å². The van der Waals surface area contributed by atoms with Gasteiger partial charge < -0.3 is 14.4 Å². The highest BCUT2D eigenvalue weighted by Crippen LogP contribution is 2.24. The largest absolute Gasteiger partial charge is 0.494 e. The SMILES string of the molecule is CCCCCOc1ccc(-c2cccn2CCCc2ccc(C(=O)O)s2)cc1. The Labute approximate surface area is 170 Å². The van der Waals surface area contributed by atoms with Gasteiger partial charge in [0.2, 0.25) is 0 Å². The maximum Gasteiger partial charge on any atom is 0.345 e. The zero-order chi connectivity index (χ0) is 19.8. The van der Waals surface area contributed by atoms with E-state index in [0.717, 1.165) is 43.0 Å². The monoisotopic (exact) mass is 397 g/mol. The summed E-state index contributed by atoms with van der Waals surface area (Å²) in [6.07, 6.45) is 7.46. The standard InChI is InChI=1S/C23H27NO3S/c1-2-3-4-17-27-19-11-9-18(10-12-19)21-8-6-16-24(21)15-5-7-20-13-14-22(28-20)23(25)26/h6,8-14,16H,2-5,7,15,17H2,1H3,(H,25,26). The number of benzene rings is 1. The summed E-state index contributed by atoms with van der Waals surface area (Å²) in [5.74, 6) is 0.0756. The fraction of sp³-hybridized carbons (Fsp3) is 0.348. The first-order valence-electron chi connectivity index (χ1n) is 9.87. The second-order valence-electron chi connectivity index (χ2n) is 6.84. The molecule has 0 aliphatic rings. The third kappa shape index (κ3) is 5.49. The highest BCUT2D eigenvalue weighted by molar-refractivity contribution is 7.13. The molecule has 1 aromatic carbocycles. The number of hydrogen-bond acceptors (Lipinski definition) is 3. The number of unbranched alkanes of at least 4 members (excludes halogenated alkanes) is 2. The molecule has 0 aliphatic heterocycles. The van der Waals surface area contributed by atoms with E-state index in [0.29, 0.717) is 4.88 Å². The van der Waals surface area contributed by atoms with Gasteiger partial charge >= 0.3 is 5.97 Å². The number of nitrogens with zero attached hydrogens (tertiary/aromatic N) is 1. The van der Waals surface area contributed by atoms with Gasteiger partial charge in [0.1, 0.15) is 10.6 Å². The molecule has 3 rings (SSSR count). The lowest BCUT2D eigenvalue weighted by Gasteiger charge is -2.10. The van der Waals surface area contributed by atoms with Gasteiger partial charge in [0, 0.05) is 23.3 Å². The average Bonchev–Trinajstić information content (AvgIpc) is 3.36. The number of aryl methyl sites for hydroxylation is 2. The molecule has 148 valence electrons. The van der Waals surface area contributed by atoms with Crippen LogP contribution in [0.5, 0.6) is 5.75 Å². The molecule has 0 atom stereocenters. The molecular weight excluding hydrogens is 370 g/mol. The van der Waals surface area contributed by atoms with Gasteiger partial charge in [-0.15, -0.1) is 11.3 Å². The minimum atomic E-state index is -0.846. The molecule has 0 spiro atoms. The van der Waals surface area contributed by atoms with Crippen molar-refractivity contribution in [1.82, 2.24) is 4.57 Å². The van der Waals surface area contributed by atoms with Crippen molar-refractivity contribution in [2.75, 3.05) is 6.61 Å². The lowest BCUT2D eigenvalue weighted by atomic mass is 10.1. The minimum absolute atomic E-state index is 0.411. The van der Waals surface area contributed by atoms with Crippen LogP contribution < -0.4 is 4.74 Å². The summed E-state index contributed by atoms with van der Waals surface area (Å²) in [6.45, 7) is 3.87. The predicted octanol–water partition coefficient (Wildman–Crippen LogP) is 6.12. The van der Waals surface area contributed by atoms with Gasteiger partial charge in [-0.05, 0) is 73.4 Å². The van der Waals surface area contributed by atoms with Gasteiger partial charge in [0.15, 0.2) is 0 Å². The zero-order valence-electron chi connectivity index (χ0n) is 16.3. The van der Waals surface area contributed by atoms with Gasteiger partial charge in [-0.25, -0.2) is 4.79 Å². The van der Waals surface area contributed by atoms with Crippen molar-refractivity contribution >= 4 is 17.3 Å². The van der Waals surface area contributed by atoms with Gasteiger partial charge in [-0.1, -0.05) is 19.8 Å². The second-order valence-corrected chi connectivity index (χ2v) is 8.01. The number of thiophene rings is 1. The fourth-order valence-corrected chi connectivity index (χ4v) is 4.07. The number of carboxylic acids is 1. The smallest absolute Gasteiger partial charge is 0.345 e. The molecule has 0 saturated heterocycles. The lowest BCUT2D eigenvalue weighted by molar-refractivity contribution is 0.0702. The molecule has 0 radical (unpaired) electrons. The van der Waals surface area contributed by atoms with E-state index in [1.807, 2.05) is 18.2 Å².